The Labute approximate surface area is 122 Å². The molecule has 1 saturated carbocycles. The van der Waals surface area contributed by atoms with Crippen LogP contribution < -0.4 is 10.6 Å². The molecule has 3 heteroatoms. The van der Waals surface area contributed by atoms with Crippen molar-refractivity contribution in [1.29, 1.82) is 0 Å². The fraction of sp³-hybridized carbons (Fsp3) is 0.588. The molecule has 1 amide bonds. The molecule has 1 aliphatic carbocycles. The number of hydrogen-bond acceptors (Lipinski definition) is 2. The average Bonchev–Trinajstić information content (AvgIpc) is 2.49. The van der Waals surface area contributed by atoms with Crippen molar-refractivity contribution in [2.75, 3.05) is 11.9 Å². The summed E-state index contributed by atoms with van der Waals surface area (Å²) in [5.74, 6) is 0.694. The zero-order valence-corrected chi connectivity index (χ0v) is 12.6. The van der Waals surface area contributed by atoms with Crippen LogP contribution in [0.15, 0.2) is 24.3 Å². The second-order valence-corrected chi connectivity index (χ2v) is 5.77. The van der Waals surface area contributed by atoms with E-state index in [1.54, 1.807) is 0 Å². The Morgan fingerprint density at radius 3 is 2.45 bits per heavy atom. The summed E-state index contributed by atoms with van der Waals surface area (Å²) in [6, 6.07) is 7.98. The molecule has 1 atom stereocenters. The van der Waals surface area contributed by atoms with Crippen molar-refractivity contribution >= 4 is 11.6 Å². The van der Waals surface area contributed by atoms with E-state index in [2.05, 4.69) is 24.5 Å². The summed E-state index contributed by atoms with van der Waals surface area (Å²) in [5.41, 5.74) is 1.80. The SMILES string of the molecule is CCNc1ccc(C(=O)NC(C)C2CCCCC2)cc1. The van der Waals surface area contributed by atoms with E-state index in [0.717, 1.165) is 17.8 Å². The highest BCUT2D eigenvalue weighted by atomic mass is 16.1. The Kier molecular flexibility index (Phi) is 5.45. The number of rotatable bonds is 5. The van der Waals surface area contributed by atoms with Gasteiger partial charge in [0.25, 0.3) is 5.91 Å². The first kappa shape index (κ1) is 14.9. The van der Waals surface area contributed by atoms with Gasteiger partial charge in [-0.1, -0.05) is 19.3 Å². The van der Waals surface area contributed by atoms with Gasteiger partial charge in [-0.25, -0.2) is 0 Å². The Morgan fingerprint density at radius 2 is 1.85 bits per heavy atom. The van der Waals surface area contributed by atoms with Crippen molar-refractivity contribution in [3.8, 4) is 0 Å². The van der Waals surface area contributed by atoms with Gasteiger partial charge in [-0.15, -0.1) is 0 Å². The Hall–Kier alpha value is -1.51. The molecule has 1 unspecified atom stereocenters. The second-order valence-electron chi connectivity index (χ2n) is 5.77. The Morgan fingerprint density at radius 1 is 1.20 bits per heavy atom. The zero-order chi connectivity index (χ0) is 14.4. The van der Waals surface area contributed by atoms with Crippen molar-refractivity contribution in [2.24, 2.45) is 5.92 Å². The molecule has 2 rings (SSSR count). The quantitative estimate of drug-likeness (QED) is 0.857. The van der Waals surface area contributed by atoms with Gasteiger partial charge < -0.3 is 10.6 Å². The molecule has 0 aliphatic heterocycles. The maximum Gasteiger partial charge on any atom is 0.251 e. The van der Waals surface area contributed by atoms with Crippen LogP contribution >= 0.6 is 0 Å². The molecule has 0 aromatic heterocycles. The van der Waals surface area contributed by atoms with Gasteiger partial charge in [0.2, 0.25) is 0 Å². The van der Waals surface area contributed by atoms with E-state index >= 15 is 0 Å². The fourth-order valence-electron chi connectivity index (χ4n) is 2.99. The summed E-state index contributed by atoms with van der Waals surface area (Å²) >= 11 is 0. The maximum atomic E-state index is 12.2. The van der Waals surface area contributed by atoms with Crippen LogP contribution in [0.5, 0.6) is 0 Å². The van der Waals surface area contributed by atoms with Crippen LogP contribution in [0, 0.1) is 5.92 Å². The molecular formula is C17H26N2O. The molecule has 2 N–H and O–H groups in total. The van der Waals surface area contributed by atoms with Crippen molar-refractivity contribution in [1.82, 2.24) is 5.32 Å². The highest BCUT2D eigenvalue weighted by Crippen LogP contribution is 2.26. The third-order valence-electron chi connectivity index (χ3n) is 4.24. The molecule has 1 aromatic carbocycles. The maximum absolute atomic E-state index is 12.2. The van der Waals surface area contributed by atoms with Crippen LogP contribution in [0.25, 0.3) is 0 Å². The van der Waals surface area contributed by atoms with Crippen LogP contribution in [0.1, 0.15) is 56.3 Å². The first-order chi connectivity index (χ1) is 9.70. The number of hydrogen-bond donors (Lipinski definition) is 2. The van der Waals surface area contributed by atoms with E-state index in [1.165, 1.54) is 32.1 Å². The second kappa shape index (κ2) is 7.32. The number of anilines is 1. The molecule has 3 nitrogen and oxygen atoms in total. The molecule has 1 aliphatic rings. The van der Waals surface area contributed by atoms with Crippen LogP contribution in [0.3, 0.4) is 0 Å². The van der Waals surface area contributed by atoms with E-state index in [1.807, 2.05) is 24.3 Å². The molecule has 110 valence electrons. The monoisotopic (exact) mass is 274 g/mol. The molecule has 0 heterocycles. The van der Waals surface area contributed by atoms with Crippen molar-refractivity contribution in [3.05, 3.63) is 29.8 Å². The summed E-state index contributed by atoms with van der Waals surface area (Å²) < 4.78 is 0. The minimum Gasteiger partial charge on any atom is -0.385 e. The number of carbonyl (C=O) groups is 1. The summed E-state index contributed by atoms with van der Waals surface area (Å²) in [7, 11) is 0. The first-order valence-corrected chi connectivity index (χ1v) is 7.85. The van der Waals surface area contributed by atoms with Crippen LogP contribution in [0.4, 0.5) is 5.69 Å². The van der Waals surface area contributed by atoms with Gasteiger partial charge in [0.15, 0.2) is 0 Å². The summed E-state index contributed by atoms with van der Waals surface area (Å²) in [6.45, 7) is 5.09. The minimum atomic E-state index is 0.0473. The normalized spacial score (nSPS) is 17.5. The third kappa shape index (κ3) is 3.99. The van der Waals surface area contributed by atoms with E-state index < -0.39 is 0 Å². The average molecular weight is 274 g/mol. The van der Waals surface area contributed by atoms with Crippen molar-refractivity contribution in [2.45, 2.75) is 52.0 Å². The largest absolute Gasteiger partial charge is 0.385 e. The number of carbonyl (C=O) groups excluding carboxylic acids is 1. The lowest BCUT2D eigenvalue weighted by atomic mass is 9.84. The van der Waals surface area contributed by atoms with Crippen LogP contribution in [-0.2, 0) is 0 Å². The van der Waals surface area contributed by atoms with E-state index in [4.69, 9.17) is 0 Å². The number of nitrogens with one attached hydrogen (secondary N) is 2. The van der Waals surface area contributed by atoms with E-state index in [9.17, 15) is 4.79 Å². The van der Waals surface area contributed by atoms with Gasteiger partial charge in [-0.3, -0.25) is 4.79 Å². The van der Waals surface area contributed by atoms with Gasteiger partial charge in [-0.2, -0.15) is 0 Å². The standard InChI is InChI=1S/C17H26N2O/c1-3-18-16-11-9-15(10-12-16)17(20)19-13(2)14-7-5-4-6-8-14/h9-14,18H,3-8H2,1-2H3,(H,19,20). The van der Waals surface area contributed by atoms with Gasteiger partial charge in [-0.05, 0) is 56.9 Å². The minimum absolute atomic E-state index is 0.0473. The van der Waals surface area contributed by atoms with Gasteiger partial charge in [0, 0.05) is 23.8 Å². The first-order valence-electron chi connectivity index (χ1n) is 7.85. The van der Waals surface area contributed by atoms with Crippen molar-refractivity contribution < 1.29 is 4.79 Å². The highest BCUT2D eigenvalue weighted by Gasteiger charge is 2.21. The van der Waals surface area contributed by atoms with E-state index in [0.29, 0.717) is 5.92 Å². The summed E-state index contributed by atoms with van der Waals surface area (Å²) in [5, 5.41) is 6.39. The summed E-state index contributed by atoms with van der Waals surface area (Å²) in [4.78, 5) is 12.2. The lowest BCUT2D eigenvalue weighted by Crippen LogP contribution is -2.38. The van der Waals surface area contributed by atoms with Crippen molar-refractivity contribution in [3.63, 3.8) is 0 Å². The van der Waals surface area contributed by atoms with Gasteiger partial charge in [0.1, 0.15) is 0 Å². The molecular weight excluding hydrogens is 248 g/mol. The topological polar surface area (TPSA) is 41.1 Å². The molecule has 0 bridgehead atoms. The Bertz CT molecular complexity index is 421. The highest BCUT2D eigenvalue weighted by molar-refractivity contribution is 5.94. The molecule has 0 radical (unpaired) electrons. The lowest BCUT2D eigenvalue weighted by Gasteiger charge is -2.28. The smallest absolute Gasteiger partial charge is 0.251 e. The Balaban J connectivity index is 1.89. The predicted molar refractivity (Wildman–Crippen MR) is 84.1 cm³/mol. The predicted octanol–water partition coefficient (Wildman–Crippen LogP) is 3.82. The molecule has 1 fully saturated rings. The molecule has 20 heavy (non-hydrogen) atoms. The van der Waals surface area contributed by atoms with Gasteiger partial charge in [0.05, 0.1) is 0 Å². The fourth-order valence-corrected chi connectivity index (χ4v) is 2.99. The molecule has 1 aromatic rings. The lowest BCUT2D eigenvalue weighted by molar-refractivity contribution is 0.0919. The summed E-state index contributed by atoms with van der Waals surface area (Å²) in [6.07, 6.45) is 6.47. The molecule has 0 spiro atoms. The van der Waals surface area contributed by atoms with Crippen LogP contribution in [-0.4, -0.2) is 18.5 Å². The van der Waals surface area contributed by atoms with Gasteiger partial charge >= 0.3 is 0 Å². The van der Waals surface area contributed by atoms with Crippen LogP contribution in [0.2, 0.25) is 0 Å². The van der Waals surface area contributed by atoms with E-state index in [-0.39, 0.29) is 11.9 Å². The number of amides is 1. The third-order valence-corrected chi connectivity index (χ3v) is 4.24. The zero-order valence-electron chi connectivity index (χ0n) is 12.6. The number of benzene rings is 1. The molecule has 0 saturated heterocycles.